The molecule has 1 aromatic carbocycles. The molecule has 0 aliphatic carbocycles. The molecular weight excluding hydrogens is 253 g/mol. The second-order valence-electron chi connectivity index (χ2n) is 3.89. The summed E-state index contributed by atoms with van der Waals surface area (Å²) < 4.78 is 0. The Bertz CT molecular complexity index is 396. The van der Waals surface area contributed by atoms with Gasteiger partial charge < -0.3 is 5.32 Å². The summed E-state index contributed by atoms with van der Waals surface area (Å²) in [5, 5.41) is 4.84. The molecule has 0 amide bonds. The highest BCUT2D eigenvalue weighted by molar-refractivity contribution is 6.35. The lowest BCUT2D eigenvalue weighted by molar-refractivity contribution is 0.513. The molecule has 0 aliphatic heterocycles. The van der Waals surface area contributed by atoms with Crippen molar-refractivity contribution in [1.82, 2.24) is 5.32 Å². The van der Waals surface area contributed by atoms with Gasteiger partial charge in [-0.3, -0.25) is 0 Å². The highest BCUT2D eigenvalue weighted by atomic mass is 35.5. The number of hydrogen-bond donors (Lipinski definition) is 1. The molecule has 1 rings (SSSR count). The summed E-state index contributed by atoms with van der Waals surface area (Å²) in [5.74, 6) is 2.63. The van der Waals surface area contributed by atoms with E-state index in [0.717, 1.165) is 31.4 Å². The van der Waals surface area contributed by atoms with E-state index >= 15 is 0 Å². The van der Waals surface area contributed by atoms with Crippen LogP contribution in [0.3, 0.4) is 0 Å². The Morgan fingerprint density at radius 1 is 1.41 bits per heavy atom. The highest BCUT2D eigenvalue weighted by Gasteiger charge is 2.12. The molecule has 0 bridgehead atoms. The summed E-state index contributed by atoms with van der Waals surface area (Å²) in [6.45, 7) is 3.03. The van der Waals surface area contributed by atoms with Crippen molar-refractivity contribution in [3.05, 3.63) is 33.8 Å². The Hall–Kier alpha value is -0.680. The molecule has 0 heterocycles. The van der Waals surface area contributed by atoms with Crippen molar-refractivity contribution in [2.75, 3.05) is 6.54 Å². The Labute approximate surface area is 114 Å². The number of nitrogens with one attached hydrogen (secondary N) is 1. The lowest BCUT2D eigenvalue weighted by atomic mass is 10.0. The van der Waals surface area contributed by atoms with E-state index in [1.165, 1.54) is 0 Å². The molecule has 3 heteroatoms. The molecule has 0 fully saturated rings. The van der Waals surface area contributed by atoms with Gasteiger partial charge in [0.1, 0.15) is 0 Å². The number of hydrogen-bond acceptors (Lipinski definition) is 1. The first-order valence-electron chi connectivity index (χ1n) is 5.80. The summed E-state index contributed by atoms with van der Waals surface area (Å²) in [6, 6.07) is 5.89. The van der Waals surface area contributed by atoms with Crippen LogP contribution in [-0.4, -0.2) is 6.54 Å². The SMILES string of the molecule is C#CCCCNC(CC)c1ccc(Cl)cc1Cl. The average molecular weight is 270 g/mol. The molecule has 0 saturated carbocycles. The molecule has 1 aromatic rings. The van der Waals surface area contributed by atoms with Gasteiger partial charge in [0.2, 0.25) is 0 Å². The maximum atomic E-state index is 6.19. The van der Waals surface area contributed by atoms with E-state index < -0.39 is 0 Å². The molecule has 0 aliphatic rings. The van der Waals surface area contributed by atoms with Gasteiger partial charge in [-0.15, -0.1) is 12.3 Å². The van der Waals surface area contributed by atoms with Crippen LogP contribution >= 0.6 is 23.2 Å². The van der Waals surface area contributed by atoms with Crippen molar-refractivity contribution < 1.29 is 0 Å². The molecule has 1 N–H and O–H groups in total. The maximum Gasteiger partial charge on any atom is 0.0468 e. The zero-order chi connectivity index (χ0) is 12.7. The number of halogens is 2. The van der Waals surface area contributed by atoms with Crippen molar-refractivity contribution in [2.45, 2.75) is 32.2 Å². The summed E-state index contributed by atoms with van der Waals surface area (Å²) in [4.78, 5) is 0. The molecular formula is C14H17Cl2N. The molecule has 1 atom stereocenters. The summed E-state index contributed by atoms with van der Waals surface area (Å²) in [7, 11) is 0. The molecule has 0 aromatic heterocycles. The predicted molar refractivity (Wildman–Crippen MR) is 75.6 cm³/mol. The third-order valence-electron chi connectivity index (χ3n) is 2.63. The number of benzene rings is 1. The topological polar surface area (TPSA) is 12.0 Å². The Kier molecular flexibility index (Phi) is 6.44. The van der Waals surface area contributed by atoms with E-state index in [2.05, 4.69) is 18.2 Å². The fraction of sp³-hybridized carbons (Fsp3) is 0.429. The Balaban J connectivity index is 2.63. The van der Waals surface area contributed by atoms with E-state index in [4.69, 9.17) is 29.6 Å². The minimum Gasteiger partial charge on any atom is -0.310 e. The van der Waals surface area contributed by atoms with Crippen molar-refractivity contribution >= 4 is 23.2 Å². The van der Waals surface area contributed by atoms with E-state index in [1.54, 1.807) is 6.07 Å². The zero-order valence-electron chi connectivity index (χ0n) is 9.97. The second kappa shape index (κ2) is 7.61. The van der Waals surface area contributed by atoms with E-state index in [1.807, 2.05) is 12.1 Å². The predicted octanol–water partition coefficient (Wildman–Crippen LogP) is 4.45. The van der Waals surface area contributed by atoms with E-state index in [9.17, 15) is 0 Å². The van der Waals surface area contributed by atoms with Crippen LogP contribution in [0.2, 0.25) is 10.0 Å². The highest BCUT2D eigenvalue weighted by Crippen LogP contribution is 2.27. The van der Waals surface area contributed by atoms with Gasteiger partial charge in [-0.05, 0) is 37.1 Å². The number of terminal acetylenes is 1. The van der Waals surface area contributed by atoms with Crippen LogP contribution < -0.4 is 5.32 Å². The number of rotatable bonds is 6. The lowest BCUT2D eigenvalue weighted by Crippen LogP contribution is -2.22. The smallest absolute Gasteiger partial charge is 0.0468 e. The van der Waals surface area contributed by atoms with Crippen LogP contribution in [0.5, 0.6) is 0 Å². The minimum absolute atomic E-state index is 0.262. The van der Waals surface area contributed by atoms with Gasteiger partial charge >= 0.3 is 0 Å². The Morgan fingerprint density at radius 2 is 2.18 bits per heavy atom. The van der Waals surface area contributed by atoms with Gasteiger partial charge in [0.05, 0.1) is 0 Å². The first-order valence-corrected chi connectivity index (χ1v) is 6.56. The molecule has 0 radical (unpaired) electrons. The van der Waals surface area contributed by atoms with Crippen molar-refractivity contribution in [2.24, 2.45) is 0 Å². The van der Waals surface area contributed by atoms with Crippen molar-refractivity contribution in [1.29, 1.82) is 0 Å². The van der Waals surface area contributed by atoms with Crippen LogP contribution in [0.1, 0.15) is 37.8 Å². The summed E-state index contributed by atoms with van der Waals surface area (Å²) in [6.07, 6.45) is 7.99. The third kappa shape index (κ3) is 4.60. The van der Waals surface area contributed by atoms with Gasteiger partial charge in [-0.25, -0.2) is 0 Å². The Morgan fingerprint density at radius 3 is 2.76 bits per heavy atom. The first-order chi connectivity index (χ1) is 8.19. The molecule has 0 spiro atoms. The van der Waals surface area contributed by atoms with Gasteiger partial charge in [0.25, 0.3) is 0 Å². The fourth-order valence-electron chi connectivity index (χ4n) is 1.73. The van der Waals surface area contributed by atoms with Gasteiger partial charge in [0, 0.05) is 22.5 Å². The van der Waals surface area contributed by atoms with E-state index in [0.29, 0.717) is 10.0 Å². The normalized spacial score (nSPS) is 12.1. The van der Waals surface area contributed by atoms with Gasteiger partial charge in [0.15, 0.2) is 0 Å². The molecule has 1 nitrogen and oxygen atoms in total. The molecule has 0 saturated heterocycles. The molecule has 1 unspecified atom stereocenters. The maximum absolute atomic E-state index is 6.19. The monoisotopic (exact) mass is 269 g/mol. The number of unbranched alkanes of at least 4 members (excludes halogenated alkanes) is 1. The standard InChI is InChI=1S/C14H17Cl2N/c1-3-5-6-9-17-14(4-2)12-8-7-11(15)10-13(12)16/h1,7-8,10,14,17H,4-6,9H2,2H3. The van der Waals surface area contributed by atoms with Gasteiger partial charge in [-0.2, -0.15) is 0 Å². The van der Waals surface area contributed by atoms with Crippen LogP contribution in [0.15, 0.2) is 18.2 Å². The van der Waals surface area contributed by atoms with Gasteiger partial charge in [-0.1, -0.05) is 36.2 Å². The van der Waals surface area contributed by atoms with E-state index in [-0.39, 0.29) is 6.04 Å². The quantitative estimate of drug-likeness (QED) is 0.595. The summed E-state index contributed by atoms with van der Waals surface area (Å²) in [5.41, 5.74) is 1.10. The summed E-state index contributed by atoms with van der Waals surface area (Å²) >= 11 is 12.1. The first kappa shape index (κ1) is 14.4. The van der Waals surface area contributed by atoms with Crippen LogP contribution in [0, 0.1) is 12.3 Å². The molecule has 92 valence electrons. The van der Waals surface area contributed by atoms with Crippen molar-refractivity contribution in [3.8, 4) is 12.3 Å². The lowest BCUT2D eigenvalue weighted by Gasteiger charge is -2.18. The second-order valence-corrected chi connectivity index (χ2v) is 4.73. The largest absolute Gasteiger partial charge is 0.310 e. The van der Waals surface area contributed by atoms with Crippen molar-refractivity contribution in [3.63, 3.8) is 0 Å². The van der Waals surface area contributed by atoms with Crippen LogP contribution in [-0.2, 0) is 0 Å². The van der Waals surface area contributed by atoms with Crippen LogP contribution in [0.4, 0.5) is 0 Å². The fourth-order valence-corrected chi connectivity index (χ4v) is 2.27. The third-order valence-corrected chi connectivity index (χ3v) is 3.20. The minimum atomic E-state index is 0.262. The van der Waals surface area contributed by atoms with Crippen LogP contribution in [0.25, 0.3) is 0 Å². The average Bonchev–Trinajstić information content (AvgIpc) is 2.31. The molecule has 17 heavy (non-hydrogen) atoms. The zero-order valence-corrected chi connectivity index (χ0v) is 11.5.